The van der Waals surface area contributed by atoms with Crippen LogP contribution in [0.25, 0.3) is 0 Å². The molecule has 0 aliphatic carbocycles. The number of nitrogens with one attached hydrogen (secondary N) is 1. The molecule has 2 unspecified atom stereocenters. The highest BCUT2D eigenvalue weighted by atomic mass is 16.4. The second kappa shape index (κ2) is 8.82. The molecule has 1 aliphatic rings. The van der Waals surface area contributed by atoms with E-state index < -0.39 is 5.97 Å². The standard InChI is InChI=1S/C15H28N2O3/c1-3-8-12(11-14(18)19)16-15(20)17-10-7-5-6-9-13(17)4-2/h12-13H,3-11H2,1-2H3,(H,16,20)(H,18,19). The monoisotopic (exact) mass is 284 g/mol. The highest BCUT2D eigenvalue weighted by Crippen LogP contribution is 2.19. The van der Waals surface area contributed by atoms with Gasteiger partial charge in [0.15, 0.2) is 0 Å². The summed E-state index contributed by atoms with van der Waals surface area (Å²) in [6.45, 7) is 4.90. The van der Waals surface area contributed by atoms with Gasteiger partial charge in [0.1, 0.15) is 0 Å². The fourth-order valence-corrected chi connectivity index (χ4v) is 2.91. The molecular formula is C15H28N2O3. The summed E-state index contributed by atoms with van der Waals surface area (Å²) in [5.74, 6) is -0.855. The number of aliphatic carboxylic acids is 1. The fourth-order valence-electron chi connectivity index (χ4n) is 2.91. The van der Waals surface area contributed by atoms with Gasteiger partial charge in [0.2, 0.25) is 0 Å². The Balaban J connectivity index is 2.62. The third-order valence-corrected chi connectivity index (χ3v) is 4.00. The maximum atomic E-state index is 12.4. The van der Waals surface area contributed by atoms with Crippen LogP contribution in [0.1, 0.15) is 65.2 Å². The lowest BCUT2D eigenvalue weighted by molar-refractivity contribution is -0.137. The van der Waals surface area contributed by atoms with Crippen molar-refractivity contribution < 1.29 is 14.7 Å². The predicted octanol–water partition coefficient (Wildman–Crippen LogP) is 2.99. The number of carboxylic acid groups (broad SMARTS) is 1. The van der Waals surface area contributed by atoms with Gasteiger partial charge >= 0.3 is 12.0 Å². The smallest absolute Gasteiger partial charge is 0.317 e. The van der Waals surface area contributed by atoms with E-state index in [0.29, 0.717) is 12.5 Å². The molecule has 1 heterocycles. The molecule has 2 atom stereocenters. The molecule has 0 aromatic carbocycles. The van der Waals surface area contributed by atoms with Crippen molar-refractivity contribution in [1.82, 2.24) is 10.2 Å². The van der Waals surface area contributed by atoms with Gasteiger partial charge in [-0.25, -0.2) is 4.79 Å². The minimum atomic E-state index is -0.855. The normalized spacial score (nSPS) is 21.1. The summed E-state index contributed by atoms with van der Waals surface area (Å²) in [6, 6.07) is -0.0474. The molecule has 0 bridgehead atoms. The topological polar surface area (TPSA) is 69.6 Å². The number of nitrogens with zero attached hydrogens (tertiary/aromatic N) is 1. The summed E-state index contributed by atoms with van der Waals surface area (Å²) >= 11 is 0. The Labute approximate surface area is 121 Å². The average molecular weight is 284 g/mol. The van der Waals surface area contributed by atoms with Crippen molar-refractivity contribution >= 4 is 12.0 Å². The van der Waals surface area contributed by atoms with Crippen LogP contribution in [0.2, 0.25) is 0 Å². The van der Waals surface area contributed by atoms with E-state index in [9.17, 15) is 9.59 Å². The number of likely N-dealkylation sites (tertiary alicyclic amines) is 1. The molecule has 1 rings (SSSR count). The van der Waals surface area contributed by atoms with Gasteiger partial charge in [0, 0.05) is 18.6 Å². The van der Waals surface area contributed by atoms with Gasteiger partial charge in [-0.3, -0.25) is 4.79 Å². The highest BCUT2D eigenvalue weighted by molar-refractivity contribution is 5.76. The van der Waals surface area contributed by atoms with E-state index in [1.807, 2.05) is 11.8 Å². The third kappa shape index (κ3) is 5.39. The van der Waals surface area contributed by atoms with E-state index in [1.165, 1.54) is 12.8 Å². The summed E-state index contributed by atoms with van der Waals surface area (Å²) in [7, 11) is 0. The third-order valence-electron chi connectivity index (χ3n) is 4.00. The van der Waals surface area contributed by atoms with Crippen LogP contribution in [-0.2, 0) is 4.79 Å². The van der Waals surface area contributed by atoms with Gasteiger partial charge in [-0.2, -0.15) is 0 Å². The number of hydrogen-bond donors (Lipinski definition) is 2. The average Bonchev–Trinajstić information content (AvgIpc) is 2.63. The Hall–Kier alpha value is -1.26. The summed E-state index contributed by atoms with van der Waals surface area (Å²) in [4.78, 5) is 25.2. The van der Waals surface area contributed by atoms with Gasteiger partial charge in [-0.1, -0.05) is 33.1 Å². The van der Waals surface area contributed by atoms with Gasteiger partial charge in [-0.05, 0) is 25.7 Å². The maximum absolute atomic E-state index is 12.4. The molecule has 116 valence electrons. The van der Waals surface area contributed by atoms with Crippen LogP contribution in [0.3, 0.4) is 0 Å². The molecule has 0 radical (unpaired) electrons. The van der Waals surface area contributed by atoms with Crippen molar-refractivity contribution in [3.05, 3.63) is 0 Å². The van der Waals surface area contributed by atoms with Crippen LogP contribution in [0.5, 0.6) is 0 Å². The number of carboxylic acids is 1. The molecule has 2 N–H and O–H groups in total. The van der Waals surface area contributed by atoms with Crippen molar-refractivity contribution in [3.8, 4) is 0 Å². The number of hydrogen-bond acceptors (Lipinski definition) is 2. The predicted molar refractivity (Wildman–Crippen MR) is 78.7 cm³/mol. The summed E-state index contributed by atoms with van der Waals surface area (Å²) in [6.07, 6.45) is 7.00. The second-order valence-electron chi connectivity index (χ2n) is 5.64. The number of rotatable bonds is 6. The summed E-state index contributed by atoms with van der Waals surface area (Å²) in [5.41, 5.74) is 0. The van der Waals surface area contributed by atoms with E-state index in [0.717, 1.165) is 32.2 Å². The number of carbonyl (C=O) groups is 2. The molecule has 1 saturated heterocycles. The van der Waals surface area contributed by atoms with Crippen LogP contribution in [0, 0.1) is 0 Å². The molecule has 1 aliphatic heterocycles. The van der Waals surface area contributed by atoms with Crippen molar-refractivity contribution in [3.63, 3.8) is 0 Å². The van der Waals surface area contributed by atoms with Gasteiger partial charge in [0.25, 0.3) is 0 Å². The lowest BCUT2D eigenvalue weighted by atomic mass is 10.1. The molecule has 1 fully saturated rings. The second-order valence-corrected chi connectivity index (χ2v) is 5.64. The first-order chi connectivity index (χ1) is 9.58. The Kier molecular flexibility index (Phi) is 7.41. The Bertz CT molecular complexity index is 320. The van der Waals surface area contributed by atoms with Gasteiger partial charge in [0.05, 0.1) is 6.42 Å². The molecule has 0 spiro atoms. The van der Waals surface area contributed by atoms with Crippen molar-refractivity contribution in [2.45, 2.75) is 77.3 Å². The Morgan fingerprint density at radius 1 is 1.30 bits per heavy atom. The number of carbonyl (C=O) groups excluding carboxylic acids is 1. The first-order valence-electron chi connectivity index (χ1n) is 7.87. The molecule has 2 amide bonds. The lowest BCUT2D eigenvalue weighted by Gasteiger charge is -2.31. The fraction of sp³-hybridized carbons (Fsp3) is 0.867. The van der Waals surface area contributed by atoms with Gasteiger partial charge in [-0.15, -0.1) is 0 Å². The Morgan fingerprint density at radius 2 is 2.05 bits per heavy atom. The minimum Gasteiger partial charge on any atom is -0.481 e. The lowest BCUT2D eigenvalue weighted by Crippen LogP contribution is -2.49. The van der Waals surface area contributed by atoms with E-state index in [4.69, 9.17) is 5.11 Å². The zero-order valence-corrected chi connectivity index (χ0v) is 12.7. The minimum absolute atomic E-state index is 0.00418. The number of amides is 2. The zero-order valence-electron chi connectivity index (χ0n) is 12.7. The molecule has 20 heavy (non-hydrogen) atoms. The largest absolute Gasteiger partial charge is 0.481 e. The molecule has 0 aromatic heterocycles. The van der Waals surface area contributed by atoms with Crippen molar-refractivity contribution in [2.75, 3.05) is 6.54 Å². The SMILES string of the molecule is CCCC(CC(=O)O)NC(=O)N1CCCCCC1CC. The number of urea groups is 1. The molecule has 5 nitrogen and oxygen atoms in total. The van der Waals surface area contributed by atoms with E-state index in [-0.39, 0.29) is 18.5 Å². The van der Waals surface area contributed by atoms with Crippen molar-refractivity contribution in [2.24, 2.45) is 0 Å². The maximum Gasteiger partial charge on any atom is 0.317 e. The molecule has 0 saturated carbocycles. The van der Waals surface area contributed by atoms with Crippen LogP contribution in [-0.4, -0.2) is 40.6 Å². The summed E-state index contributed by atoms with van der Waals surface area (Å²) < 4.78 is 0. The first-order valence-corrected chi connectivity index (χ1v) is 7.87. The van der Waals surface area contributed by atoms with E-state index in [2.05, 4.69) is 12.2 Å². The van der Waals surface area contributed by atoms with Crippen LogP contribution in [0.15, 0.2) is 0 Å². The zero-order chi connectivity index (χ0) is 15.0. The molecule has 5 heteroatoms. The van der Waals surface area contributed by atoms with E-state index >= 15 is 0 Å². The first kappa shape index (κ1) is 16.8. The van der Waals surface area contributed by atoms with E-state index in [1.54, 1.807) is 0 Å². The summed E-state index contributed by atoms with van der Waals surface area (Å²) in [5, 5.41) is 11.8. The van der Waals surface area contributed by atoms with Gasteiger partial charge < -0.3 is 15.3 Å². The van der Waals surface area contributed by atoms with Crippen LogP contribution in [0.4, 0.5) is 4.79 Å². The highest BCUT2D eigenvalue weighted by Gasteiger charge is 2.26. The molecular weight excluding hydrogens is 256 g/mol. The quantitative estimate of drug-likeness (QED) is 0.787. The van der Waals surface area contributed by atoms with Crippen molar-refractivity contribution in [1.29, 1.82) is 0 Å². The molecule has 0 aromatic rings. The van der Waals surface area contributed by atoms with Crippen LogP contribution < -0.4 is 5.32 Å². The Morgan fingerprint density at radius 3 is 2.65 bits per heavy atom. The van der Waals surface area contributed by atoms with Crippen LogP contribution >= 0.6 is 0 Å².